The van der Waals surface area contributed by atoms with Gasteiger partial charge in [-0.2, -0.15) is 0 Å². The first-order chi connectivity index (χ1) is 13.9. The maximum atomic E-state index is 12.5. The van der Waals surface area contributed by atoms with Gasteiger partial charge in [0, 0.05) is 23.9 Å². The molecule has 0 radical (unpaired) electrons. The number of hydrogen-bond acceptors (Lipinski definition) is 6. The fourth-order valence-electron chi connectivity index (χ4n) is 2.58. The van der Waals surface area contributed by atoms with E-state index in [0.29, 0.717) is 22.2 Å². The first-order valence-electron chi connectivity index (χ1n) is 8.80. The third-order valence-corrected chi connectivity index (χ3v) is 5.41. The number of ether oxygens (including phenoxy) is 1. The molecule has 2 aromatic carbocycles. The maximum Gasteiger partial charge on any atom is 0.248 e. The summed E-state index contributed by atoms with van der Waals surface area (Å²) in [6, 6.07) is 13.9. The van der Waals surface area contributed by atoms with Crippen LogP contribution in [0.1, 0.15) is 17.3 Å². The average Bonchev–Trinajstić information content (AvgIpc) is 3.08. The molecule has 2 amide bonds. The van der Waals surface area contributed by atoms with E-state index in [9.17, 15) is 9.59 Å². The van der Waals surface area contributed by atoms with Crippen molar-refractivity contribution in [1.29, 1.82) is 0 Å². The molecule has 29 heavy (non-hydrogen) atoms. The van der Waals surface area contributed by atoms with E-state index < -0.39 is 11.2 Å². The van der Waals surface area contributed by atoms with Gasteiger partial charge in [0.15, 0.2) is 11.0 Å². The summed E-state index contributed by atoms with van der Waals surface area (Å²) in [6.07, 6.45) is 0. The fourth-order valence-corrected chi connectivity index (χ4v) is 3.40. The largest absolute Gasteiger partial charge is 0.497 e. The van der Waals surface area contributed by atoms with Gasteiger partial charge in [-0.15, -0.1) is 10.2 Å². The zero-order valence-corrected chi connectivity index (χ0v) is 17.1. The highest BCUT2D eigenvalue weighted by Crippen LogP contribution is 2.27. The van der Waals surface area contributed by atoms with E-state index in [1.807, 2.05) is 35.9 Å². The second kappa shape index (κ2) is 8.78. The van der Waals surface area contributed by atoms with Gasteiger partial charge in [0.05, 0.1) is 12.4 Å². The van der Waals surface area contributed by atoms with Crippen molar-refractivity contribution in [2.24, 2.45) is 12.8 Å². The van der Waals surface area contributed by atoms with E-state index in [1.54, 1.807) is 38.3 Å². The van der Waals surface area contributed by atoms with Gasteiger partial charge >= 0.3 is 0 Å². The fraction of sp³-hybridized carbons (Fsp3) is 0.200. The van der Waals surface area contributed by atoms with E-state index in [4.69, 9.17) is 10.5 Å². The van der Waals surface area contributed by atoms with Crippen LogP contribution < -0.4 is 15.8 Å². The molecule has 1 aromatic heterocycles. The molecule has 0 bridgehead atoms. The number of amides is 2. The minimum atomic E-state index is -0.512. The molecule has 0 spiro atoms. The third kappa shape index (κ3) is 4.75. The number of aromatic nitrogens is 3. The minimum absolute atomic E-state index is 0.184. The number of nitrogens with one attached hydrogen (secondary N) is 1. The molecule has 0 aliphatic heterocycles. The Morgan fingerprint density at radius 2 is 1.76 bits per heavy atom. The van der Waals surface area contributed by atoms with Crippen LogP contribution in [0.2, 0.25) is 0 Å². The van der Waals surface area contributed by atoms with E-state index in [-0.39, 0.29) is 5.91 Å². The number of carbonyl (C=O) groups is 2. The van der Waals surface area contributed by atoms with Crippen molar-refractivity contribution >= 4 is 29.3 Å². The molecule has 3 N–H and O–H groups in total. The van der Waals surface area contributed by atoms with Gasteiger partial charge in [0.2, 0.25) is 11.8 Å². The topological polar surface area (TPSA) is 112 Å². The summed E-state index contributed by atoms with van der Waals surface area (Å²) in [5.41, 5.74) is 7.10. The monoisotopic (exact) mass is 411 g/mol. The average molecular weight is 411 g/mol. The lowest BCUT2D eigenvalue weighted by atomic mass is 10.2. The van der Waals surface area contributed by atoms with Gasteiger partial charge in [-0.3, -0.25) is 9.59 Å². The van der Waals surface area contributed by atoms with Gasteiger partial charge in [-0.05, 0) is 55.5 Å². The summed E-state index contributed by atoms with van der Waals surface area (Å²) in [4.78, 5) is 23.6. The lowest BCUT2D eigenvalue weighted by molar-refractivity contribution is -0.115. The summed E-state index contributed by atoms with van der Waals surface area (Å²) in [5.74, 6) is 0.766. The molecule has 0 aliphatic carbocycles. The number of thioether (sulfide) groups is 1. The molecule has 0 fully saturated rings. The number of hydrogen-bond donors (Lipinski definition) is 2. The van der Waals surface area contributed by atoms with Gasteiger partial charge in [-0.25, -0.2) is 0 Å². The van der Waals surface area contributed by atoms with Gasteiger partial charge in [0.1, 0.15) is 5.75 Å². The molecule has 0 saturated heterocycles. The van der Waals surface area contributed by atoms with Crippen LogP contribution in [0.15, 0.2) is 53.7 Å². The molecule has 9 heteroatoms. The number of primary amides is 1. The first-order valence-corrected chi connectivity index (χ1v) is 9.68. The van der Waals surface area contributed by atoms with Crippen LogP contribution in [0.5, 0.6) is 5.75 Å². The summed E-state index contributed by atoms with van der Waals surface area (Å²) < 4.78 is 7.02. The predicted octanol–water partition coefficient (Wildman–Crippen LogP) is 2.71. The third-order valence-electron chi connectivity index (χ3n) is 4.27. The molecule has 150 valence electrons. The second-order valence-corrected chi connectivity index (χ2v) is 7.59. The number of anilines is 1. The van der Waals surface area contributed by atoms with E-state index in [0.717, 1.165) is 11.3 Å². The van der Waals surface area contributed by atoms with Crippen molar-refractivity contribution in [3.05, 3.63) is 54.1 Å². The summed E-state index contributed by atoms with van der Waals surface area (Å²) in [6.45, 7) is 1.79. The number of nitrogens with zero attached hydrogens (tertiary/aromatic N) is 3. The van der Waals surface area contributed by atoms with Crippen molar-refractivity contribution in [3.63, 3.8) is 0 Å². The number of nitrogens with two attached hydrogens (primary N) is 1. The lowest BCUT2D eigenvalue weighted by Crippen LogP contribution is -2.23. The zero-order valence-electron chi connectivity index (χ0n) is 16.2. The Bertz CT molecular complexity index is 1020. The van der Waals surface area contributed by atoms with Crippen molar-refractivity contribution in [2.75, 3.05) is 12.4 Å². The standard InChI is InChI=1S/C20H21N5O3S/c1-12(19(27)22-15-8-4-13(5-9-15)17(21)26)29-20-24-23-18(25(20)2)14-6-10-16(28-3)11-7-14/h4-12H,1-3H3,(H2,21,26)(H,22,27)/t12-/m0/s1. The first kappa shape index (κ1) is 20.4. The van der Waals surface area contributed by atoms with Crippen molar-refractivity contribution < 1.29 is 14.3 Å². The van der Waals surface area contributed by atoms with Crippen LogP contribution in [0.3, 0.4) is 0 Å². The number of rotatable bonds is 7. The predicted molar refractivity (Wildman–Crippen MR) is 112 cm³/mol. The molecule has 1 heterocycles. The number of methoxy groups -OCH3 is 1. The quantitative estimate of drug-likeness (QED) is 0.578. The molecular weight excluding hydrogens is 390 g/mol. The van der Waals surface area contributed by atoms with Crippen molar-refractivity contribution in [1.82, 2.24) is 14.8 Å². The maximum absolute atomic E-state index is 12.5. The van der Waals surface area contributed by atoms with Crippen LogP contribution in [-0.2, 0) is 11.8 Å². The van der Waals surface area contributed by atoms with E-state index >= 15 is 0 Å². The van der Waals surface area contributed by atoms with Crippen LogP contribution in [0.4, 0.5) is 5.69 Å². The lowest BCUT2D eigenvalue weighted by Gasteiger charge is -2.12. The van der Waals surface area contributed by atoms with Crippen LogP contribution in [-0.4, -0.2) is 38.9 Å². The van der Waals surface area contributed by atoms with Gasteiger partial charge in [0.25, 0.3) is 0 Å². The SMILES string of the molecule is COc1ccc(-c2nnc(S[C@@H](C)C(=O)Nc3ccc(C(N)=O)cc3)n2C)cc1. The Labute approximate surface area is 172 Å². The minimum Gasteiger partial charge on any atom is -0.497 e. The van der Waals surface area contributed by atoms with Crippen LogP contribution in [0, 0.1) is 0 Å². The molecule has 3 aromatic rings. The summed E-state index contributed by atoms with van der Waals surface area (Å²) >= 11 is 1.31. The Kier molecular flexibility index (Phi) is 6.18. The summed E-state index contributed by atoms with van der Waals surface area (Å²) in [7, 11) is 3.47. The van der Waals surface area contributed by atoms with Gasteiger partial charge < -0.3 is 20.4 Å². The van der Waals surface area contributed by atoms with Crippen LogP contribution in [0.25, 0.3) is 11.4 Å². The Morgan fingerprint density at radius 3 is 2.34 bits per heavy atom. The van der Waals surface area contributed by atoms with Crippen molar-refractivity contribution in [2.45, 2.75) is 17.3 Å². The van der Waals surface area contributed by atoms with E-state index in [2.05, 4.69) is 15.5 Å². The number of benzene rings is 2. The molecule has 0 saturated carbocycles. The van der Waals surface area contributed by atoms with Crippen LogP contribution >= 0.6 is 11.8 Å². The highest BCUT2D eigenvalue weighted by molar-refractivity contribution is 8.00. The van der Waals surface area contributed by atoms with Crippen molar-refractivity contribution in [3.8, 4) is 17.1 Å². The Morgan fingerprint density at radius 1 is 1.10 bits per heavy atom. The molecular formula is C20H21N5O3S. The molecule has 3 rings (SSSR count). The normalized spacial score (nSPS) is 11.7. The highest BCUT2D eigenvalue weighted by atomic mass is 32.2. The molecule has 0 unspecified atom stereocenters. The smallest absolute Gasteiger partial charge is 0.248 e. The zero-order chi connectivity index (χ0) is 21.0. The highest BCUT2D eigenvalue weighted by Gasteiger charge is 2.19. The van der Waals surface area contributed by atoms with E-state index in [1.165, 1.54) is 11.8 Å². The molecule has 0 aliphatic rings. The summed E-state index contributed by atoms with van der Waals surface area (Å²) in [5, 5.41) is 11.5. The second-order valence-electron chi connectivity index (χ2n) is 6.28. The Balaban J connectivity index is 1.66. The molecule has 8 nitrogen and oxygen atoms in total. The number of carbonyl (C=O) groups excluding carboxylic acids is 2. The Hall–Kier alpha value is -3.33. The van der Waals surface area contributed by atoms with Gasteiger partial charge in [-0.1, -0.05) is 11.8 Å². The molecule has 1 atom stereocenters.